The van der Waals surface area contributed by atoms with Crippen LogP contribution in [-0.4, -0.2) is 11.3 Å². The Morgan fingerprint density at radius 1 is 1.50 bits per heavy atom. The molecule has 1 aromatic heterocycles. The number of anilines is 1. The van der Waals surface area contributed by atoms with Gasteiger partial charge in [0.05, 0.1) is 5.69 Å². The standard InChI is InChI=1S/C8H7F3N4O/c9-8(10,11)16-6-1-4(2-12)7(14)5(3-13)15-6/h1H,2,12,14H2. The Balaban J connectivity index is 3.19. The molecule has 4 N–H and O–H groups in total. The second kappa shape index (κ2) is 4.24. The van der Waals surface area contributed by atoms with Gasteiger partial charge in [0.2, 0.25) is 5.88 Å². The Bertz CT molecular complexity index is 438. The van der Waals surface area contributed by atoms with Gasteiger partial charge in [-0.25, -0.2) is 4.98 Å². The van der Waals surface area contributed by atoms with Crippen LogP contribution in [0.15, 0.2) is 6.07 Å². The molecule has 0 aliphatic carbocycles. The second-order valence-corrected chi connectivity index (χ2v) is 2.75. The number of aromatic nitrogens is 1. The lowest BCUT2D eigenvalue weighted by atomic mass is 10.2. The molecule has 0 amide bonds. The predicted octanol–water partition coefficient (Wildman–Crippen LogP) is 0.893. The van der Waals surface area contributed by atoms with E-state index in [2.05, 4.69) is 9.72 Å². The first-order valence-electron chi connectivity index (χ1n) is 4.02. The maximum absolute atomic E-state index is 11.9. The Morgan fingerprint density at radius 2 is 2.12 bits per heavy atom. The van der Waals surface area contributed by atoms with E-state index in [1.54, 1.807) is 6.07 Å². The summed E-state index contributed by atoms with van der Waals surface area (Å²) in [6.45, 7) is -0.114. The lowest BCUT2D eigenvalue weighted by Crippen LogP contribution is -2.19. The normalized spacial score (nSPS) is 10.9. The van der Waals surface area contributed by atoms with Crippen molar-refractivity contribution in [3.05, 3.63) is 17.3 Å². The minimum Gasteiger partial charge on any atom is -0.396 e. The van der Waals surface area contributed by atoms with Crippen LogP contribution in [0, 0.1) is 11.3 Å². The number of nitrogens with zero attached hydrogens (tertiary/aromatic N) is 2. The Hall–Kier alpha value is -2.01. The summed E-state index contributed by atoms with van der Waals surface area (Å²) in [5.74, 6) is -0.751. The number of pyridine rings is 1. The van der Waals surface area contributed by atoms with E-state index < -0.39 is 12.2 Å². The van der Waals surface area contributed by atoms with Crippen molar-refractivity contribution in [3.63, 3.8) is 0 Å². The van der Waals surface area contributed by atoms with Gasteiger partial charge in [-0.3, -0.25) is 0 Å². The zero-order valence-electron chi connectivity index (χ0n) is 7.88. The molecule has 5 nitrogen and oxygen atoms in total. The van der Waals surface area contributed by atoms with Gasteiger partial charge in [-0.1, -0.05) is 0 Å². The molecule has 0 aliphatic heterocycles. The number of nitrogens with two attached hydrogens (primary N) is 2. The molecular formula is C8H7F3N4O. The molecule has 0 aliphatic rings. The zero-order chi connectivity index (χ0) is 12.3. The maximum Gasteiger partial charge on any atom is 0.574 e. The van der Waals surface area contributed by atoms with Gasteiger partial charge in [0.15, 0.2) is 5.69 Å². The fraction of sp³-hybridized carbons (Fsp3) is 0.250. The number of nitriles is 1. The van der Waals surface area contributed by atoms with Gasteiger partial charge in [-0.2, -0.15) is 5.26 Å². The number of hydrogen-bond donors (Lipinski definition) is 2. The molecule has 0 atom stereocenters. The smallest absolute Gasteiger partial charge is 0.396 e. The number of rotatable bonds is 2. The van der Waals surface area contributed by atoms with E-state index >= 15 is 0 Å². The molecule has 1 rings (SSSR count). The van der Waals surface area contributed by atoms with Crippen LogP contribution in [0.5, 0.6) is 5.88 Å². The second-order valence-electron chi connectivity index (χ2n) is 2.75. The van der Waals surface area contributed by atoms with Crippen molar-refractivity contribution in [1.29, 1.82) is 5.26 Å². The highest BCUT2D eigenvalue weighted by atomic mass is 19.4. The van der Waals surface area contributed by atoms with Gasteiger partial charge in [-0.15, -0.1) is 13.2 Å². The average molecular weight is 232 g/mol. The molecule has 0 aromatic carbocycles. The molecule has 0 unspecified atom stereocenters. The molecule has 1 aromatic rings. The van der Waals surface area contributed by atoms with Crippen LogP contribution >= 0.6 is 0 Å². The summed E-state index contributed by atoms with van der Waals surface area (Å²) in [5, 5.41) is 8.59. The van der Waals surface area contributed by atoms with Gasteiger partial charge in [0.25, 0.3) is 0 Å². The molecular weight excluding hydrogens is 225 g/mol. The van der Waals surface area contributed by atoms with Crippen LogP contribution in [0.3, 0.4) is 0 Å². The van der Waals surface area contributed by atoms with Gasteiger partial charge in [0, 0.05) is 12.6 Å². The van der Waals surface area contributed by atoms with Crippen molar-refractivity contribution in [2.45, 2.75) is 12.9 Å². The summed E-state index contributed by atoms with van der Waals surface area (Å²) < 4.78 is 39.3. The molecule has 0 radical (unpaired) electrons. The molecule has 1 heterocycles. The minimum atomic E-state index is -4.87. The first-order valence-corrected chi connectivity index (χ1v) is 4.02. The first kappa shape index (κ1) is 12.1. The molecule has 0 saturated heterocycles. The van der Waals surface area contributed by atoms with Gasteiger partial charge < -0.3 is 16.2 Å². The van der Waals surface area contributed by atoms with E-state index in [1.165, 1.54) is 0 Å². The van der Waals surface area contributed by atoms with Crippen molar-refractivity contribution in [3.8, 4) is 11.9 Å². The summed E-state index contributed by atoms with van der Waals surface area (Å²) in [5.41, 5.74) is 10.5. The predicted molar refractivity (Wildman–Crippen MR) is 47.9 cm³/mol. The maximum atomic E-state index is 11.9. The Labute approximate surface area is 88.4 Å². The molecule has 0 bridgehead atoms. The third-order valence-electron chi connectivity index (χ3n) is 1.67. The van der Waals surface area contributed by atoms with E-state index in [-0.39, 0.29) is 23.5 Å². The number of hydrogen-bond acceptors (Lipinski definition) is 5. The summed E-state index contributed by atoms with van der Waals surface area (Å²) in [7, 11) is 0. The number of nitrogen functional groups attached to an aromatic ring is 1. The number of alkyl halides is 3. The van der Waals surface area contributed by atoms with Crippen LogP contribution < -0.4 is 16.2 Å². The monoisotopic (exact) mass is 232 g/mol. The van der Waals surface area contributed by atoms with E-state index in [1.807, 2.05) is 0 Å². The van der Waals surface area contributed by atoms with E-state index in [9.17, 15) is 13.2 Å². The largest absolute Gasteiger partial charge is 0.574 e. The fourth-order valence-electron chi connectivity index (χ4n) is 1.01. The van der Waals surface area contributed by atoms with Crippen molar-refractivity contribution in [1.82, 2.24) is 4.98 Å². The fourth-order valence-corrected chi connectivity index (χ4v) is 1.01. The van der Waals surface area contributed by atoms with Crippen LogP contribution in [0.1, 0.15) is 11.3 Å². The quantitative estimate of drug-likeness (QED) is 0.789. The summed E-state index contributed by atoms with van der Waals surface area (Å²) in [6, 6.07) is 2.51. The van der Waals surface area contributed by atoms with Crippen LogP contribution in [0.25, 0.3) is 0 Å². The third kappa shape index (κ3) is 2.74. The number of halogens is 3. The lowest BCUT2D eigenvalue weighted by Gasteiger charge is -2.10. The minimum absolute atomic E-state index is 0.0421. The van der Waals surface area contributed by atoms with Crippen molar-refractivity contribution < 1.29 is 17.9 Å². The highest BCUT2D eigenvalue weighted by Gasteiger charge is 2.32. The molecule has 0 saturated carbocycles. The zero-order valence-corrected chi connectivity index (χ0v) is 7.88. The van der Waals surface area contributed by atoms with Crippen LogP contribution in [0.4, 0.5) is 18.9 Å². The summed E-state index contributed by atoms with van der Waals surface area (Å²) >= 11 is 0. The molecule has 16 heavy (non-hydrogen) atoms. The van der Waals surface area contributed by atoms with Gasteiger partial charge >= 0.3 is 6.36 Å². The average Bonchev–Trinajstić information content (AvgIpc) is 2.18. The highest BCUT2D eigenvalue weighted by Crippen LogP contribution is 2.25. The topological polar surface area (TPSA) is 97.9 Å². The van der Waals surface area contributed by atoms with Crippen LogP contribution in [-0.2, 0) is 6.54 Å². The SMILES string of the molecule is N#Cc1nc(OC(F)(F)F)cc(CN)c1N. The molecule has 8 heteroatoms. The molecule has 0 spiro atoms. The van der Waals surface area contributed by atoms with Crippen molar-refractivity contribution >= 4 is 5.69 Å². The molecule has 0 fully saturated rings. The van der Waals surface area contributed by atoms with Gasteiger partial charge in [0.1, 0.15) is 6.07 Å². The Kier molecular flexibility index (Phi) is 3.20. The van der Waals surface area contributed by atoms with E-state index in [0.717, 1.165) is 6.07 Å². The summed E-state index contributed by atoms with van der Waals surface area (Å²) in [6.07, 6.45) is -4.87. The summed E-state index contributed by atoms with van der Waals surface area (Å²) in [4.78, 5) is 3.30. The van der Waals surface area contributed by atoms with Crippen molar-refractivity contribution in [2.75, 3.05) is 5.73 Å². The highest BCUT2D eigenvalue weighted by molar-refractivity contribution is 5.57. The molecule has 86 valence electrons. The number of ether oxygens (including phenoxy) is 1. The van der Waals surface area contributed by atoms with E-state index in [4.69, 9.17) is 16.7 Å². The van der Waals surface area contributed by atoms with Crippen molar-refractivity contribution in [2.24, 2.45) is 5.73 Å². The van der Waals surface area contributed by atoms with Crippen LogP contribution in [0.2, 0.25) is 0 Å². The lowest BCUT2D eigenvalue weighted by molar-refractivity contribution is -0.276. The third-order valence-corrected chi connectivity index (χ3v) is 1.67. The first-order chi connectivity index (χ1) is 7.37. The van der Waals surface area contributed by atoms with E-state index in [0.29, 0.717) is 0 Å². The Morgan fingerprint density at radius 3 is 2.56 bits per heavy atom. The van der Waals surface area contributed by atoms with Gasteiger partial charge in [-0.05, 0) is 5.56 Å².